The zero-order chi connectivity index (χ0) is 20.8. The van der Waals surface area contributed by atoms with Crippen LogP contribution in [0.2, 0.25) is 0 Å². The van der Waals surface area contributed by atoms with E-state index >= 15 is 0 Å². The van der Waals surface area contributed by atoms with Gasteiger partial charge in [-0.05, 0) is 47.7 Å². The molecule has 3 aromatic rings. The topological polar surface area (TPSA) is 85.1 Å². The van der Waals surface area contributed by atoms with Gasteiger partial charge < -0.3 is 5.32 Å². The molecular weight excluding hydrogens is 406 g/mol. The Morgan fingerprint density at radius 1 is 1.24 bits per heavy atom. The Bertz CT molecular complexity index is 1060. The van der Waals surface area contributed by atoms with Gasteiger partial charge in [0.1, 0.15) is 0 Å². The number of carbonyl (C=O) groups excluding carboxylic acids is 1. The lowest BCUT2D eigenvalue weighted by molar-refractivity contribution is -0.384. The number of nitro groups is 1. The van der Waals surface area contributed by atoms with Crippen LogP contribution in [0.15, 0.2) is 53.4 Å². The largest absolute Gasteiger partial charge is 0.302 e. The van der Waals surface area contributed by atoms with Crippen molar-refractivity contribution in [3.05, 3.63) is 80.3 Å². The van der Waals surface area contributed by atoms with Gasteiger partial charge in [0.25, 0.3) is 5.69 Å². The van der Waals surface area contributed by atoms with Gasteiger partial charge in [0, 0.05) is 35.2 Å². The minimum Gasteiger partial charge on any atom is -0.302 e. The fourth-order valence-electron chi connectivity index (χ4n) is 2.67. The van der Waals surface area contributed by atoms with Gasteiger partial charge in [0.2, 0.25) is 5.91 Å². The highest BCUT2D eigenvalue weighted by molar-refractivity contribution is 7.98. The van der Waals surface area contributed by atoms with Crippen LogP contribution in [0.5, 0.6) is 0 Å². The molecule has 1 aromatic heterocycles. The summed E-state index contributed by atoms with van der Waals surface area (Å²) in [7, 11) is 0. The Morgan fingerprint density at radius 3 is 2.66 bits per heavy atom. The summed E-state index contributed by atoms with van der Waals surface area (Å²) in [5.74, 6) is -0.166. The van der Waals surface area contributed by atoms with Gasteiger partial charge in [-0.3, -0.25) is 14.9 Å². The lowest BCUT2D eigenvalue weighted by Gasteiger charge is -2.03. The number of nitrogens with zero attached hydrogens (tertiary/aromatic N) is 2. The summed E-state index contributed by atoms with van der Waals surface area (Å²) in [6, 6.07) is 14.6. The van der Waals surface area contributed by atoms with E-state index in [-0.39, 0.29) is 11.6 Å². The zero-order valence-electron chi connectivity index (χ0n) is 15.9. The summed E-state index contributed by atoms with van der Waals surface area (Å²) >= 11 is 3.14. The number of nitro benzene ring substituents is 1. The van der Waals surface area contributed by atoms with Crippen LogP contribution >= 0.6 is 23.1 Å². The summed E-state index contributed by atoms with van der Waals surface area (Å²) in [4.78, 5) is 28.5. The summed E-state index contributed by atoms with van der Waals surface area (Å²) in [5.41, 5.74) is 2.82. The van der Waals surface area contributed by atoms with Gasteiger partial charge >= 0.3 is 0 Å². The molecule has 0 aliphatic rings. The molecule has 1 heterocycles. The van der Waals surface area contributed by atoms with Crippen LogP contribution in [0, 0.1) is 10.1 Å². The number of amides is 1. The second-order valence-corrected chi connectivity index (χ2v) is 8.18. The molecule has 0 atom stereocenters. The third-order valence-electron chi connectivity index (χ3n) is 4.05. The molecule has 0 saturated heterocycles. The molecule has 0 unspecified atom stereocenters. The standard InChI is InChI=1S/C21H19N3O3S2/c1-14(25)22-21-23-19(11-8-15-6-9-17(10-7-15)24(26)27)20(29-21)13-16-4-3-5-18(12-16)28-2/h3-12H,13H2,1-2H3,(H,22,23,25). The fourth-order valence-corrected chi connectivity index (χ4v) is 4.19. The maximum absolute atomic E-state index is 11.4. The van der Waals surface area contributed by atoms with Crippen molar-refractivity contribution in [3.63, 3.8) is 0 Å². The van der Waals surface area contributed by atoms with Crippen LogP contribution in [0.1, 0.15) is 28.6 Å². The number of thioether (sulfide) groups is 1. The van der Waals surface area contributed by atoms with Crippen molar-refractivity contribution in [1.82, 2.24) is 4.98 Å². The first-order chi connectivity index (χ1) is 13.9. The van der Waals surface area contributed by atoms with E-state index in [9.17, 15) is 14.9 Å². The molecule has 0 saturated carbocycles. The first kappa shape index (κ1) is 20.8. The molecule has 0 bridgehead atoms. The molecule has 2 aromatic carbocycles. The van der Waals surface area contributed by atoms with Crippen LogP contribution in [0.4, 0.5) is 10.8 Å². The third kappa shape index (κ3) is 5.75. The van der Waals surface area contributed by atoms with Crippen molar-refractivity contribution in [1.29, 1.82) is 0 Å². The number of carbonyl (C=O) groups is 1. The molecule has 0 radical (unpaired) electrons. The highest BCUT2D eigenvalue weighted by Crippen LogP contribution is 2.28. The Morgan fingerprint density at radius 2 is 2.00 bits per heavy atom. The number of anilines is 1. The minimum absolute atomic E-state index is 0.0538. The van der Waals surface area contributed by atoms with Crippen molar-refractivity contribution in [3.8, 4) is 0 Å². The van der Waals surface area contributed by atoms with Crippen LogP contribution in [0.25, 0.3) is 12.2 Å². The van der Waals surface area contributed by atoms with Crippen molar-refractivity contribution in [2.45, 2.75) is 18.2 Å². The fraction of sp³-hybridized carbons (Fsp3) is 0.143. The molecule has 0 fully saturated rings. The third-order valence-corrected chi connectivity index (χ3v) is 5.76. The highest BCUT2D eigenvalue weighted by atomic mass is 32.2. The number of thiazole rings is 1. The molecular formula is C21H19N3O3S2. The van der Waals surface area contributed by atoms with Gasteiger partial charge in [-0.1, -0.05) is 18.2 Å². The molecule has 6 nitrogen and oxygen atoms in total. The van der Waals surface area contributed by atoms with Gasteiger partial charge in [-0.25, -0.2) is 4.98 Å². The van der Waals surface area contributed by atoms with Crippen molar-refractivity contribution in [2.75, 3.05) is 11.6 Å². The van der Waals surface area contributed by atoms with Gasteiger partial charge in [0.05, 0.1) is 10.6 Å². The van der Waals surface area contributed by atoms with E-state index in [1.165, 1.54) is 40.9 Å². The van der Waals surface area contributed by atoms with Gasteiger partial charge in [-0.15, -0.1) is 23.1 Å². The number of aromatic nitrogens is 1. The molecule has 0 aliphatic carbocycles. The number of rotatable bonds is 7. The average Bonchev–Trinajstić information content (AvgIpc) is 3.07. The van der Waals surface area contributed by atoms with Crippen LogP contribution in [-0.2, 0) is 11.2 Å². The lowest BCUT2D eigenvalue weighted by atomic mass is 10.1. The second kappa shape index (κ2) is 9.49. The number of hydrogen-bond acceptors (Lipinski definition) is 6. The first-order valence-corrected chi connectivity index (χ1v) is 10.8. The Labute approximate surface area is 176 Å². The van der Waals surface area contributed by atoms with Crippen molar-refractivity contribution in [2.24, 2.45) is 0 Å². The minimum atomic E-state index is -0.422. The maximum atomic E-state index is 11.4. The van der Waals surface area contributed by atoms with Crippen LogP contribution in [0.3, 0.4) is 0 Å². The summed E-state index contributed by atoms with van der Waals surface area (Å²) in [6.07, 6.45) is 6.47. The molecule has 29 heavy (non-hydrogen) atoms. The maximum Gasteiger partial charge on any atom is 0.269 e. The van der Waals surface area contributed by atoms with E-state index in [1.54, 1.807) is 23.9 Å². The Kier molecular flexibility index (Phi) is 6.79. The zero-order valence-corrected chi connectivity index (χ0v) is 17.5. The second-order valence-electron chi connectivity index (χ2n) is 6.22. The number of hydrogen-bond donors (Lipinski definition) is 1. The number of non-ortho nitro benzene ring substituents is 1. The van der Waals surface area contributed by atoms with Gasteiger partial charge in [-0.2, -0.15) is 0 Å². The summed E-state index contributed by atoms with van der Waals surface area (Å²) in [5, 5.41) is 14.1. The molecule has 0 spiro atoms. The monoisotopic (exact) mass is 425 g/mol. The predicted molar refractivity (Wildman–Crippen MR) is 119 cm³/mol. The molecule has 1 N–H and O–H groups in total. The van der Waals surface area contributed by atoms with E-state index in [0.717, 1.165) is 16.1 Å². The predicted octanol–water partition coefficient (Wildman–Crippen LogP) is 5.49. The number of nitrogens with one attached hydrogen (secondary N) is 1. The Hall–Kier alpha value is -2.97. The Balaban J connectivity index is 1.88. The molecule has 3 rings (SSSR count). The summed E-state index contributed by atoms with van der Waals surface area (Å²) in [6.45, 7) is 1.45. The SMILES string of the molecule is CSc1cccc(Cc2sc(NC(C)=O)nc2C=Cc2ccc([N+](=O)[O-])cc2)c1. The van der Waals surface area contributed by atoms with E-state index in [0.29, 0.717) is 11.6 Å². The highest BCUT2D eigenvalue weighted by Gasteiger charge is 2.11. The van der Waals surface area contributed by atoms with E-state index in [2.05, 4.69) is 28.5 Å². The lowest BCUT2D eigenvalue weighted by Crippen LogP contribution is -2.04. The summed E-state index contributed by atoms with van der Waals surface area (Å²) < 4.78 is 0. The number of benzene rings is 2. The average molecular weight is 426 g/mol. The molecule has 1 amide bonds. The van der Waals surface area contributed by atoms with Crippen molar-refractivity contribution < 1.29 is 9.72 Å². The first-order valence-electron chi connectivity index (χ1n) is 8.77. The van der Waals surface area contributed by atoms with E-state index in [1.807, 2.05) is 24.5 Å². The van der Waals surface area contributed by atoms with E-state index < -0.39 is 4.92 Å². The smallest absolute Gasteiger partial charge is 0.269 e. The molecule has 0 aliphatic heterocycles. The van der Waals surface area contributed by atoms with Gasteiger partial charge in [0.15, 0.2) is 5.13 Å². The van der Waals surface area contributed by atoms with Crippen LogP contribution < -0.4 is 5.32 Å². The molecule has 148 valence electrons. The van der Waals surface area contributed by atoms with E-state index in [4.69, 9.17) is 0 Å². The normalized spacial score (nSPS) is 11.0. The molecule has 8 heteroatoms. The quantitative estimate of drug-likeness (QED) is 0.307. The van der Waals surface area contributed by atoms with Crippen LogP contribution in [-0.4, -0.2) is 22.1 Å². The van der Waals surface area contributed by atoms with Crippen molar-refractivity contribution >= 4 is 52.0 Å².